The van der Waals surface area contributed by atoms with Crippen molar-refractivity contribution in [3.05, 3.63) is 95.1 Å². The zero-order valence-corrected chi connectivity index (χ0v) is 20.4. The molecule has 35 heavy (non-hydrogen) atoms. The quantitative estimate of drug-likeness (QED) is 0.385. The van der Waals surface area contributed by atoms with Crippen molar-refractivity contribution >= 4 is 23.1 Å². The summed E-state index contributed by atoms with van der Waals surface area (Å²) in [5, 5.41) is 16.2. The van der Waals surface area contributed by atoms with Crippen LogP contribution >= 0.6 is 0 Å². The number of hydrogen-bond acceptors (Lipinski definition) is 6. The fourth-order valence-corrected chi connectivity index (χ4v) is 4.38. The molecule has 1 atom stereocenters. The average Bonchev–Trinajstić information content (AvgIpc) is 3.35. The number of carbonyl (C=O) groups is 1. The minimum atomic E-state index is -0.321. The minimum absolute atomic E-state index is 0.0217. The van der Waals surface area contributed by atoms with Gasteiger partial charge in [0.2, 0.25) is 0 Å². The van der Waals surface area contributed by atoms with E-state index >= 15 is 0 Å². The maximum absolute atomic E-state index is 12.0. The van der Waals surface area contributed by atoms with Gasteiger partial charge < -0.3 is 9.64 Å². The summed E-state index contributed by atoms with van der Waals surface area (Å²) in [6.45, 7) is 8.40. The first-order valence-corrected chi connectivity index (χ1v) is 12.1. The van der Waals surface area contributed by atoms with E-state index < -0.39 is 0 Å². The number of nitriles is 1. The molecule has 0 fully saturated rings. The van der Waals surface area contributed by atoms with E-state index in [0.717, 1.165) is 36.5 Å². The highest BCUT2D eigenvalue weighted by molar-refractivity contribution is 6.04. The molecular formula is C29H30N4O2. The van der Waals surface area contributed by atoms with Gasteiger partial charge in [0.1, 0.15) is 0 Å². The summed E-state index contributed by atoms with van der Waals surface area (Å²) >= 11 is 0. The smallest absolute Gasteiger partial charge is 0.338 e. The van der Waals surface area contributed by atoms with E-state index in [4.69, 9.17) is 9.84 Å². The lowest BCUT2D eigenvalue weighted by Crippen LogP contribution is -2.22. The van der Waals surface area contributed by atoms with Gasteiger partial charge in [-0.25, -0.2) is 4.79 Å². The molecule has 0 bridgehead atoms. The molecule has 1 heterocycles. The number of ether oxygens (including phenoxy) is 1. The van der Waals surface area contributed by atoms with Crippen LogP contribution in [0.1, 0.15) is 60.3 Å². The maximum atomic E-state index is 12.0. The Morgan fingerprint density at radius 1 is 1.00 bits per heavy atom. The van der Waals surface area contributed by atoms with Crippen molar-refractivity contribution in [2.75, 3.05) is 29.6 Å². The summed E-state index contributed by atoms with van der Waals surface area (Å²) in [7, 11) is 0. The first kappa shape index (κ1) is 24.0. The van der Waals surface area contributed by atoms with Gasteiger partial charge in [0, 0.05) is 25.2 Å². The van der Waals surface area contributed by atoms with Crippen molar-refractivity contribution in [3.63, 3.8) is 0 Å². The number of hydrogen-bond donors (Lipinski definition) is 0. The molecule has 0 radical (unpaired) electrons. The fourth-order valence-electron chi connectivity index (χ4n) is 4.38. The van der Waals surface area contributed by atoms with Gasteiger partial charge in [-0.2, -0.15) is 10.4 Å². The topological polar surface area (TPSA) is 68.9 Å². The molecule has 0 aromatic heterocycles. The van der Waals surface area contributed by atoms with Crippen LogP contribution in [0.2, 0.25) is 0 Å². The third-order valence-corrected chi connectivity index (χ3v) is 6.31. The molecule has 3 aromatic carbocycles. The summed E-state index contributed by atoms with van der Waals surface area (Å²) in [5.41, 5.74) is 6.37. The molecule has 0 amide bonds. The lowest BCUT2D eigenvalue weighted by Gasteiger charge is -2.25. The summed E-state index contributed by atoms with van der Waals surface area (Å²) in [4.78, 5) is 14.4. The molecule has 6 heteroatoms. The van der Waals surface area contributed by atoms with E-state index in [1.807, 2.05) is 41.4 Å². The summed E-state index contributed by atoms with van der Waals surface area (Å²) in [6, 6.07) is 25.8. The highest BCUT2D eigenvalue weighted by Gasteiger charge is 2.30. The van der Waals surface area contributed by atoms with Gasteiger partial charge in [-0.1, -0.05) is 24.3 Å². The Labute approximate surface area is 207 Å². The Kier molecular flexibility index (Phi) is 7.47. The molecule has 1 aliphatic rings. The predicted octanol–water partition coefficient (Wildman–Crippen LogP) is 5.94. The molecule has 0 spiro atoms. The van der Waals surface area contributed by atoms with Crippen molar-refractivity contribution in [1.82, 2.24) is 0 Å². The van der Waals surface area contributed by atoms with Gasteiger partial charge >= 0.3 is 5.97 Å². The summed E-state index contributed by atoms with van der Waals surface area (Å²) in [5.74, 6) is -0.321. The molecule has 0 saturated heterocycles. The monoisotopic (exact) mass is 466 g/mol. The Hall–Kier alpha value is -4.11. The zero-order chi connectivity index (χ0) is 24.8. The molecule has 6 nitrogen and oxygen atoms in total. The third kappa shape index (κ3) is 5.20. The number of esters is 1. The van der Waals surface area contributed by atoms with Crippen LogP contribution in [0.5, 0.6) is 0 Å². The number of carbonyl (C=O) groups excluding carboxylic acids is 1. The average molecular weight is 467 g/mol. The Morgan fingerprint density at radius 2 is 1.66 bits per heavy atom. The number of hydrazone groups is 1. The molecule has 0 unspecified atom stereocenters. The largest absolute Gasteiger partial charge is 0.462 e. The van der Waals surface area contributed by atoms with Gasteiger partial charge in [0.25, 0.3) is 0 Å². The van der Waals surface area contributed by atoms with Gasteiger partial charge in [-0.3, -0.25) is 5.01 Å². The SMILES string of the molecule is CCOC(=O)c1ccc(C2=NN(c3ccc(C#N)cc3)[C@H](c3ccc(N(CC)CC)cc3)C2)cc1. The van der Waals surface area contributed by atoms with Crippen molar-refractivity contribution in [2.45, 2.75) is 33.2 Å². The van der Waals surface area contributed by atoms with Crippen molar-refractivity contribution in [3.8, 4) is 6.07 Å². The van der Waals surface area contributed by atoms with E-state index in [0.29, 0.717) is 17.7 Å². The van der Waals surface area contributed by atoms with E-state index in [2.05, 4.69) is 49.1 Å². The Bertz CT molecular complexity index is 1220. The molecule has 0 saturated carbocycles. The van der Waals surface area contributed by atoms with Gasteiger partial charge in [0.05, 0.1) is 41.2 Å². The summed E-state index contributed by atoms with van der Waals surface area (Å²) < 4.78 is 5.10. The van der Waals surface area contributed by atoms with Crippen molar-refractivity contribution < 1.29 is 9.53 Å². The Morgan fingerprint density at radius 3 is 2.23 bits per heavy atom. The normalized spacial score (nSPS) is 14.9. The number of rotatable bonds is 8. The van der Waals surface area contributed by atoms with Crippen LogP contribution in [-0.2, 0) is 4.74 Å². The van der Waals surface area contributed by atoms with E-state index in [-0.39, 0.29) is 12.0 Å². The first-order valence-electron chi connectivity index (χ1n) is 12.1. The zero-order valence-electron chi connectivity index (χ0n) is 20.4. The fraction of sp³-hybridized carbons (Fsp3) is 0.276. The van der Waals surface area contributed by atoms with Crippen molar-refractivity contribution in [1.29, 1.82) is 5.26 Å². The van der Waals surface area contributed by atoms with Crippen molar-refractivity contribution in [2.24, 2.45) is 5.10 Å². The molecule has 0 aliphatic carbocycles. The third-order valence-electron chi connectivity index (χ3n) is 6.31. The highest BCUT2D eigenvalue weighted by atomic mass is 16.5. The van der Waals surface area contributed by atoms with Crippen LogP contribution in [0, 0.1) is 11.3 Å². The minimum Gasteiger partial charge on any atom is -0.462 e. The molecular weight excluding hydrogens is 436 g/mol. The van der Waals surface area contributed by atoms with E-state index in [1.165, 1.54) is 11.3 Å². The number of nitrogens with zero attached hydrogens (tertiary/aromatic N) is 4. The Balaban J connectivity index is 1.66. The number of anilines is 2. The van der Waals surface area contributed by atoms with Crippen LogP contribution in [0.25, 0.3) is 0 Å². The first-order chi connectivity index (χ1) is 17.1. The second-order valence-corrected chi connectivity index (χ2v) is 8.33. The van der Waals surface area contributed by atoms with Crippen LogP contribution in [0.3, 0.4) is 0 Å². The van der Waals surface area contributed by atoms with Crippen LogP contribution in [0.4, 0.5) is 11.4 Å². The van der Waals surface area contributed by atoms with Crippen LogP contribution < -0.4 is 9.91 Å². The van der Waals surface area contributed by atoms with Gasteiger partial charge in [0.15, 0.2) is 0 Å². The molecule has 4 rings (SSSR count). The summed E-state index contributed by atoms with van der Waals surface area (Å²) in [6.07, 6.45) is 0.726. The molecule has 3 aromatic rings. The lowest BCUT2D eigenvalue weighted by atomic mass is 9.97. The predicted molar refractivity (Wildman–Crippen MR) is 140 cm³/mol. The second kappa shape index (κ2) is 10.9. The van der Waals surface area contributed by atoms with Crippen LogP contribution in [0.15, 0.2) is 77.9 Å². The van der Waals surface area contributed by atoms with Gasteiger partial charge in [-0.05, 0) is 80.4 Å². The van der Waals surface area contributed by atoms with E-state index in [1.54, 1.807) is 19.1 Å². The molecule has 1 aliphatic heterocycles. The maximum Gasteiger partial charge on any atom is 0.338 e. The second-order valence-electron chi connectivity index (χ2n) is 8.33. The lowest BCUT2D eigenvalue weighted by molar-refractivity contribution is 0.0526. The molecule has 0 N–H and O–H groups in total. The van der Waals surface area contributed by atoms with Crippen LogP contribution in [-0.4, -0.2) is 31.4 Å². The highest BCUT2D eigenvalue weighted by Crippen LogP contribution is 2.37. The number of benzene rings is 3. The molecule has 178 valence electrons. The standard InChI is InChI=1S/C29H30N4O2/c1-4-32(5-2)25-17-13-23(14-18-25)28-19-27(22-9-11-24(12-10-22)29(34)35-6-3)31-33(28)26-15-7-21(20-30)8-16-26/h7-18,28H,4-6,19H2,1-3H3/t28-/m0/s1. The van der Waals surface area contributed by atoms with Gasteiger partial charge in [-0.15, -0.1) is 0 Å². The van der Waals surface area contributed by atoms with E-state index in [9.17, 15) is 10.1 Å².